The van der Waals surface area contributed by atoms with Gasteiger partial charge in [0.05, 0.1) is 25.2 Å². The van der Waals surface area contributed by atoms with Gasteiger partial charge in [0.2, 0.25) is 5.91 Å². The molecule has 0 bridgehead atoms. The lowest BCUT2D eigenvalue weighted by Gasteiger charge is -2.38. The Morgan fingerprint density at radius 3 is 2.58 bits per heavy atom. The summed E-state index contributed by atoms with van der Waals surface area (Å²) < 4.78 is 5.45. The Morgan fingerprint density at radius 1 is 1.47 bits per heavy atom. The van der Waals surface area contributed by atoms with Crippen molar-refractivity contribution < 1.29 is 24.2 Å². The molecule has 8 heteroatoms. The van der Waals surface area contributed by atoms with Crippen LogP contribution in [0.1, 0.15) is 20.3 Å². The van der Waals surface area contributed by atoms with Gasteiger partial charge in [-0.1, -0.05) is 0 Å². The number of carbonyl (C=O) groups excluding carboxylic acids is 2. The molecular weight excluding hydrogens is 254 g/mol. The van der Waals surface area contributed by atoms with Gasteiger partial charge in [-0.3, -0.25) is 4.79 Å². The number of carboxylic acid groups (broad SMARTS) is 1. The Kier molecular flexibility index (Phi) is 4.71. The van der Waals surface area contributed by atoms with Gasteiger partial charge < -0.3 is 25.8 Å². The Bertz CT molecular complexity index is 383. The third-order valence-electron chi connectivity index (χ3n) is 2.71. The van der Waals surface area contributed by atoms with Crippen molar-refractivity contribution in [1.82, 2.24) is 10.2 Å². The molecule has 1 aliphatic rings. The number of hydrogen-bond acceptors (Lipinski definition) is 4. The number of amides is 3. The molecule has 3 amide bonds. The first-order chi connectivity index (χ1) is 8.71. The van der Waals surface area contributed by atoms with Gasteiger partial charge in [0.25, 0.3) is 0 Å². The molecule has 1 heterocycles. The van der Waals surface area contributed by atoms with Crippen molar-refractivity contribution in [2.45, 2.75) is 31.9 Å². The lowest BCUT2D eigenvalue weighted by molar-refractivity contribution is -0.141. The third-order valence-corrected chi connectivity index (χ3v) is 2.71. The van der Waals surface area contributed by atoms with Crippen molar-refractivity contribution in [3.8, 4) is 0 Å². The lowest BCUT2D eigenvalue weighted by atomic mass is 10.1. The lowest BCUT2D eigenvalue weighted by Crippen LogP contribution is -2.56. The molecule has 0 aliphatic carbocycles. The summed E-state index contributed by atoms with van der Waals surface area (Å²) in [6, 6.07) is -1.85. The predicted octanol–water partition coefficient (Wildman–Crippen LogP) is -0.865. The van der Waals surface area contributed by atoms with Crippen molar-refractivity contribution in [3.05, 3.63) is 0 Å². The Morgan fingerprint density at radius 2 is 2.11 bits per heavy atom. The smallest absolute Gasteiger partial charge is 0.326 e. The monoisotopic (exact) mass is 273 g/mol. The first-order valence-electron chi connectivity index (χ1n) is 5.92. The second kappa shape index (κ2) is 5.87. The molecule has 8 nitrogen and oxygen atoms in total. The molecule has 1 atom stereocenters. The van der Waals surface area contributed by atoms with E-state index in [-0.39, 0.29) is 0 Å². The number of rotatable bonds is 4. The van der Waals surface area contributed by atoms with Crippen LogP contribution in [-0.4, -0.2) is 59.3 Å². The van der Waals surface area contributed by atoms with Gasteiger partial charge in [0.15, 0.2) is 0 Å². The molecule has 0 aromatic rings. The van der Waals surface area contributed by atoms with Gasteiger partial charge in [-0.15, -0.1) is 0 Å². The molecule has 19 heavy (non-hydrogen) atoms. The van der Waals surface area contributed by atoms with Crippen LogP contribution in [0.25, 0.3) is 0 Å². The summed E-state index contributed by atoms with van der Waals surface area (Å²) >= 11 is 0. The number of carboxylic acids is 1. The SMILES string of the molecule is CC1(C)CN(C(=O)N[C@@H](CC(N)=O)C(=O)O)CCO1. The van der Waals surface area contributed by atoms with Crippen LogP contribution in [0.5, 0.6) is 0 Å². The number of aliphatic carboxylic acids is 1. The largest absolute Gasteiger partial charge is 0.480 e. The molecule has 1 rings (SSSR count). The van der Waals surface area contributed by atoms with E-state index in [4.69, 9.17) is 15.6 Å². The summed E-state index contributed by atoms with van der Waals surface area (Å²) in [4.78, 5) is 35.0. The van der Waals surface area contributed by atoms with Gasteiger partial charge >= 0.3 is 12.0 Å². The highest BCUT2D eigenvalue weighted by atomic mass is 16.5. The van der Waals surface area contributed by atoms with Gasteiger partial charge in [0.1, 0.15) is 6.04 Å². The van der Waals surface area contributed by atoms with Gasteiger partial charge in [-0.2, -0.15) is 0 Å². The summed E-state index contributed by atoms with van der Waals surface area (Å²) in [7, 11) is 0. The Hall–Kier alpha value is -1.83. The number of primary amides is 1. The van der Waals surface area contributed by atoms with E-state index < -0.39 is 36.0 Å². The Labute approximate surface area is 110 Å². The molecule has 0 aromatic carbocycles. The quantitative estimate of drug-likeness (QED) is 0.615. The van der Waals surface area contributed by atoms with E-state index in [9.17, 15) is 14.4 Å². The average molecular weight is 273 g/mol. The van der Waals surface area contributed by atoms with Crippen molar-refractivity contribution in [2.75, 3.05) is 19.7 Å². The maximum Gasteiger partial charge on any atom is 0.326 e. The average Bonchev–Trinajstić information content (AvgIpc) is 2.25. The van der Waals surface area contributed by atoms with Gasteiger partial charge in [-0.25, -0.2) is 9.59 Å². The van der Waals surface area contributed by atoms with Crippen molar-refractivity contribution in [2.24, 2.45) is 5.73 Å². The first kappa shape index (κ1) is 15.2. The topological polar surface area (TPSA) is 122 Å². The zero-order chi connectivity index (χ0) is 14.6. The highest BCUT2D eigenvalue weighted by Gasteiger charge is 2.32. The van der Waals surface area contributed by atoms with E-state index in [0.29, 0.717) is 19.7 Å². The maximum atomic E-state index is 11.9. The number of nitrogens with one attached hydrogen (secondary N) is 1. The molecule has 0 saturated carbocycles. The summed E-state index contributed by atoms with van der Waals surface area (Å²) in [5, 5.41) is 11.2. The summed E-state index contributed by atoms with van der Waals surface area (Å²) in [6.45, 7) is 4.78. The van der Waals surface area contributed by atoms with Crippen molar-refractivity contribution in [3.63, 3.8) is 0 Å². The van der Waals surface area contributed by atoms with E-state index >= 15 is 0 Å². The van der Waals surface area contributed by atoms with Crippen LogP contribution in [0.3, 0.4) is 0 Å². The standard InChI is InChI=1S/C11H19N3O5/c1-11(2)6-14(3-4-19-11)10(18)13-7(9(16)17)5-8(12)15/h7H,3-6H2,1-2H3,(H2,12,15)(H,13,18)(H,16,17)/t7-/m0/s1. The highest BCUT2D eigenvalue weighted by Crippen LogP contribution is 2.16. The van der Waals surface area contributed by atoms with Gasteiger partial charge in [-0.05, 0) is 13.8 Å². The van der Waals surface area contributed by atoms with Crippen molar-refractivity contribution in [1.29, 1.82) is 0 Å². The van der Waals surface area contributed by atoms with E-state index in [1.165, 1.54) is 4.90 Å². The fourth-order valence-electron chi connectivity index (χ4n) is 1.83. The second-order valence-corrected chi connectivity index (χ2v) is 5.04. The number of hydrogen-bond donors (Lipinski definition) is 3. The molecule has 4 N–H and O–H groups in total. The van der Waals surface area contributed by atoms with Crippen LogP contribution in [0, 0.1) is 0 Å². The molecule has 1 saturated heterocycles. The second-order valence-electron chi connectivity index (χ2n) is 5.04. The van der Waals surface area contributed by atoms with Crippen LogP contribution in [0.4, 0.5) is 4.79 Å². The molecule has 0 spiro atoms. The molecule has 0 radical (unpaired) electrons. The number of nitrogens with zero attached hydrogens (tertiary/aromatic N) is 1. The van der Waals surface area contributed by atoms with Crippen LogP contribution in [-0.2, 0) is 14.3 Å². The fourth-order valence-corrected chi connectivity index (χ4v) is 1.83. The van der Waals surface area contributed by atoms with E-state index in [2.05, 4.69) is 5.32 Å². The van der Waals surface area contributed by atoms with E-state index in [0.717, 1.165) is 0 Å². The minimum atomic E-state index is -1.31. The Balaban J connectivity index is 2.61. The van der Waals surface area contributed by atoms with Crippen LogP contribution >= 0.6 is 0 Å². The summed E-state index contributed by atoms with van der Waals surface area (Å²) in [5.41, 5.74) is 4.47. The third kappa shape index (κ3) is 4.74. The van der Waals surface area contributed by atoms with Crippen molar-refractivity contribution >= 4 is 17.9 Å². The normalized spacial score (nSPS) is 19.6. The molecule has 1 fully saturated rings. The molecule has 108 valence electrons. The number of ether oxygens (including phenoxy) is 1. The number of morpholine rings is 1. The van der Waals surface area contributed by atoms with E-state index in [1.807, 2.05) is 13.8 Å². The van der Waals surface area contributed by atoms with Gasteiger partial charge in [0, 0.05) is 6.54 Å². The maximum absolute atomic E-state index is 11.9. The van der Waals surface area contributed by atoms with E-state index in [1.54, 1.807) is 0 Å². The van der Waals surface area contributed by atoms with Crippen LogP contribution in [0.2, 0.25) is 0 Å². The first-order valence-corrected chi connectivity index (χ1v) is 5.92. The number of urea groups is 1. The molecule has 0 unspecified atom stereocenters. The van der Waals surface area contributed by atoms with Crippen LogP contribution < -0.4 is 11.1 Å². The predicted molar refractivity (Wildman–Crippen MR) is 65.4 cm³/mol. The minimum absolute atomic E-state index is 0.349. The number of carbonyl (C=O) groups is 3. The van der Waals surface area contributed by atoms with Crippen LogP contribution in [0.15, 0.2) is 0 Å². The molecule has 1 aliphatic heterocycles. The zero-order valence-corrected chi connectivity index (χ0v) is 11.0. The number of nitrogens with two attached hydrogens (primary N) is 1. The minimum Gasteiger partial charge on any atom is -0.480 e. The molecular formula is C11H19N3O5. The summed E-state index contributed by atoms with van der Waals surface area (Å²) in [5.74, 6) is -2.07. The fraction of sp³-hybridized carbons (Fsp3) is 0.727. The highest BCUT2D eigenvalue weighted by molar-refractivity contribution is 5.87. The molecule has 0 aromatic heterocycles. The zero-order valence-electron chi connectivity index (χ0n) is 11.0. The summed E-state index contributed by atoms with van der Waals surface area (Å²) in [6.07, 6.45) is -0.436.